The fraction of sp³-hybridized carbons (Fsp3) is 0.375. The van der Waals surface area contributed by atoms with E-state index in [4.69, 9.17) is 0 Å². The van der Waals surface area contributed by atoms with Crippen molar-refractivity contribution in [3.8, 4) is 10.4 Å². The van der Waals surface area contributed by atoms with E-state index in [1.54, 1.807) is 33.2 Å². The minimum absolute atomic E-state index is 0.115. The largest absolute Gasteiger partial charge is 0.341 e. The molecule has 4 rings (SSSR count). The van der Waals surface area contributed by atoms with Crippen LogP contribution in [0.1, 0.15) is 29.5 Å². The monoisotopic (exact) mass is 436 g/mol. The highest BCUT2D eigenvalue weighted by Crippen LogP contribution is 2.27. The molecule has 6 nitrogen and oxygen atoms in total. The third-order valence-electron chi connectivity index (χ3n) is 5.75. The minimum Gasteiger partial charge on any atom is -0.341 e. The van der Waals surface area contributed by atoms with E-state index in [1.165, 1.54) is 10.4 Å². The van der Waals surface area contributed by atoms with Gasteiger partial charge in [0.05, 0.1) is 5.92 Å². The van der Waals surface area contributed by atoms with Gasteiger partial charge >= 0.3 is 0 Å². The molecular formula is C24H28N4O2S. The number of hydrogen-bond acceptors (Lipinski definition) is 4. The molecule has 1 aliphatic heterocycles. The number of amides is 2. The zero-order valence-electron chi connectivity index (χ0n) is 18.0. The lowest BCUT2D eigenvalue weighted by atomic mass is 9.96. The number of aromatic nitrogens is 2. The summed E-state index contributed by atoms with van der Waals surface area (Å²) in [5, 5.41) is 2.07. The van der Waals surface area contributed by atoms with Crippen LogP contribution in [-0.4, -0.2) is 57.3 Å². The van der Waals surface area contributed by atoms with Crippen molar-refractivity contribution in [2.75, 3.05) is 26.2 Å². The number of carbonyl (C=O) groups excluding carboxylic acids is 2. The highest BCUT2D eigenvalue weighted by molar-refractivity contribution is 7.13. The molecule has 3 aromatic rings. The summed E-state index contributed by atoms with van der Waals surface area (Å²) < 4.78 is 1.73. The number of hydrogen-bond donors (Lipinski definition) is 0. The topological polar surface area (TPSA) is 58.4 Å². The Labute approximate surface area is 187 Å². The molecule has 31 heavy (non-hydrogen) atoms. The van der Waals surface area contributed by atoms with E-state index in [-0.39, 0.29) is 17.7 Å². The first-order valence-corrected chi connectivity index (χ1v) is 11.6. The predicted octanol–water partition coefficient (Wildman–Crippen LogP) is 3.70. The van der Waals surface area contributed by atoms with Crippen LogP contribution in [0.5, 0.6) is 0 Å². The lowest BCUT2D eigenvalue weighted by Crippen LogP contribution is -2.38. The second-order valence-electron chi connectivity index (χ2n) is 8.02. The molecule has 0 radical (unpaired) electrons. The van der Waals surface area contributed by atoms with Crippen molar-refractivity contribution < 1.29 is 9.59 Å². The van der Waals surface area contributed by atoms with Crippen LogP contribution in [0.4, 0.5) is 0 Å². The first kappa shape index (κ1) is 21.3. The number of rotatable bonds is 6. The molecule has 1 aliphatic rings. The number of nitrogens with zero attached hydrogens (tertiary/aromatic N) is 4. The molecular weight excluding hydrogens is 408 g/mol. The molecule has 162 valence electrons. The van der Waals surface area contributed by atoms with Crippen LogP contribution in [0.2, 0.25) is 0 Å². The molecule has 1 aromatic carbocycles. The molecule has 1 fully saturated rings. The van der Waals surface area contributed by atoms with Gasteiger partial charge in [0, 0.05) is 50.5 Å². The van der Waals surface area contributed by atoms with Gasteiger partial charge in [-0.1, -0.05) is 37.3 Å². The normalized spacial score (nSPS) is 17.1. The number of imidazole rings is 1. The SMILES string of the molecule is CCCN1CCN(C(=O)c2nccn2C)C[C@H](Cc2cccc(-c3cccs3)c2)C1=O. The molecule has 0 saturated carbocycles. The third kappa shape index (κ3) is 4.71. The maximum Gasteiger partial charge on any atom is 0.289 e. The first-order chi connectivity index (χ1) is 15.1. The molecule has 3 heterocycles. The van der Waals surface area contributed by atoms with Gasteiger partial charge in [-0.25, -0.2) is 4.98 Å². The van der Waals surface area contributed by atoms with Gasteiger partial charge in [-0.3, -0.25) is 9.59 Å². The van der Waals surface area contributed by atoms with E-state index in [2.05, 4.69) is 41.6 Å². The van der Waals surface area contributed by atoms with Crippen molar-refractivity contribution in [3.63, 3.8) is 0 Å². The van der Waals surface area contributed by atoms with Gasteiger partial charge in [0.2, 0.25) is 5.91 Å². The van der Waals surface area contributed by atoms with Crippen LogP contribution in [0.25, 0.3) is 10.4 Å². The molecule has 0 N–H and O–H groups in total. The summed E-state index contributed by atoms with van der Waals surface area (Å²) in [6.07, 6.45) is 4.92. The van der Waals surface area contributed by atoms with Crippen LogP contribution in [0, 0.1) is 5.92 Å². The molecule has 1 atom stereocenters. The summed E-state index contributed by atoms with van der Waals surface area (Å²) in [6.45, 7) is 4.30. The second kappa shape index (κ2) is 9.47. The zero-order valence-corrected chi connectivity index (χ0v) is 18.8. The standard InChI is InChI=1S/C24H28N4O2S/c1-3-10-27-12-13-28(24(30)22-25-9-11-26(22)2)17-20(23(27)29)16-18-6-4-7-19(15-18)21-8-5-14-31-21/h4-9,11,14-15,20H,3,10,12-13,16-17H2,1-2H3/t20-/m0/s1. The molecule has 2 amide bonds. The molecule has 0 spiro atoms. The highest BCUT2D eigenvalue weighted by Gasteiger charge is 2.33. The highest BCUT2D eigenvalue weighted by atomic mass is 32.1. The molecule has 2 aromatic heterocycles. The molecule has 0 unspecified atom stereocenters. The summed E-state index contributed by atoms with van der Waals surface area (Å²) in [5.41, 5.74) is 2.28. The Hall–Kier alpha value is -2.93. The lowest BCUT2D eigenvalue weighted by Gasteiger charge is -2.24. The van der Waals surface area contributed by atoms with Crippen molar-refractivity contribution in [1.29, 1.82) is 0 Å². The van der Waals surface area contributed by atoms with E-state index in [9.17, 15) is 9.59 Å². The Bertz CT molecular complexity index is 1040. The summed E-state index contributed by atoms with van der Waals surface area (Å²) in [7, 11) is 1.82. The van der Waals surface area contributed by atoms with Crippen molar-refractivity contribution in [1.82, 2.24) is 19.4 Å². The average Bonchev–Trinajstić information content (AvgIpc) is 3.43. The fourth-order valence-corrected chi connectivity index (χ4v) is 4.89. The summed E-state index contributed by atoms with van der Waals surface area (Å²) in [5.74, 6) is 0.168. The van der Waals surface area contributed by atoms with Gasteiger partial charge in [0.25, 0.3) is 5.91 Å². The molecule has 0 bridgehead atoms. The Morgan fingerprint density at radius 2 is 2.10 bits per heavy atom. The lowest BCUT2D eigenvalue weighted by molar-refractivity contribution is -0.134. The van der Waals surface area contributed by atoms with E-state index < -0.39 is 0 Å². The molecule has 7 heteroatoms. The van der Waals surface area contributed by atoms with Crippen LogP contribution in [0.3, 0.4) is 0 Å². The number of carbonyl (C=O) groups is 2. The van der Waals surface area contributed by atoms with Gasteiger partial charge in [-0.15, -0.1) is 11.3 Å². The zero-order chi connectivity index (χ0) is 21.8. The van der Waals surface area contributed by atoms with Gasteiger partial charge in [0.15, 0.2) is 5.82 Å². The first-order valence-electron chi connectivity index (χ1n) is 10.7. The third-order valence-corrected chi connectivity index (χ3v) is 6.67. The van der Waals surface area contributed by atoms with E-state index in [1.807, 2.05) is 24.1 Å². The summed E-state index contributed by atoms with van der Waals surface area (Å²) in [4.78, 5) is 35.6. The number of thiophene rings is 1. The quantitative estimate of drug-likeness (QED) is 0.592. The summed E-state index contributed by atoms with van der Waals surface area (Å²) >= 11 is 1.71. The Balaban J connectivity index is 1.58. The maximum atomic E-state index is 13.3. The van der Waals surface area contributed by atoms with Gasteiger partial charge in [-0.05, 0) is 35.4 Å². The van der Waals surface area contributed by atoms with Crippen LogP contribution < -0.4 is 0 Å². The maximum absolute atomic E-state index is 13.3. The average molecular weight is 437 g/mol. The smallest absolute Gasteiger partial charge is 0.289 e. The number of aryl methyl sites for hydroxylation is 1. The predicted molar refractivity (Wildman–Crippen MR) is 123 cm³/mol. The number of benzene rings is 1. The van der Waals surface area contributed by atoms with Crippen molar-refractivity contribution in [3.05, 3.63) is 65.6 Å². The van der Waals surface area contributed by atoms with Gasteiger partial charge in [-0.2, -0.15) is 0 Å². The molecule has 0 aliphatic carbocycles. The Kier molecular flexibility index (Phi) is 6.51. The van der Waals surface area contributed by atoms with Crippen molar-refractivity contribution in [2.45, 2.75) is 19.8 Å². The second-order valence-corrected chi connectivity index (χ2v) is 8.96. The van der Waals surface area contributed by atoms with Crippen molar-refractivity contribution in [2.24, 2.45) is 13.0 Å². The molecule has 1 saturated heterocycles. The van der Waals surface area contributed by atoms with E-state index in [0.717, 1.165) is 18.5 Å². The minimum atomic E-state index is -0.267. The fourth-order valence-electron chi connectivity index (χ4n) is 4.17. The van der Waals surface area contributed by atoms with Crippen LogP contribution >= 0.6 is 11.3 Å². The van der Waals surface area contributed by atoms with Crippen LogP contribution in [0.15, 0.2) is 54.2 Å². The summed E-state index contributed by atoms with van der Waals surface area (Å²) in [6, 6.07) is 12.5. The van der Waals surface area contributed by atoms with E-state index in [0.29, 0.717) is 31.9 Å². The van der Waals surface area contributed by atoms with E-state index >= 15 is 0 Å². The van der Waals surface area contributed by atoms with Crippen LogP contribution in [-0.2, 0) is 18.3 Å². The Morgan fingerprint density at radius 3 is 2.81 bits per heavy atom. The Morgan fingerprint density at radius 1 is 1.23 bits per heavy atom. The van der Waals surface area contributed by atoms with Gasteiger partial charge < -0.3 is 14.4 Å². The van der Waals surface area contributed by atoms with Gasteiger partial charge in [0.1, 0.15) is 0 Å². The van der Waals surface area contributed by atoms with Crippen molar-refractivity contribution >= 4 is 23.2 Å².